The zero-order valence-electron chi connectivity index (χ0n) is 9.52. The lowest BCUT2D eigenvalue weighted by molar-refractivity contribution is -0.115. The van der Waals surface area contributed by atoms with E-state index in [1.54, 1.807) is 12.1 Å². The van der Waals surface area contributed by atoms with E-state index in [0.29, 0.717) is 0 Å². The Labute approximate surface area is 99.9 Å². The van der Waals surface area contributed by atoms with Crippen molar-refractivity contribution in [3.8, 4) is 5.75 Å². The summed E-state index contributed by atoms with van der Waals surface area (Å²) >= 11 is 0. The minimum atomic E-state index is -0.312. The van der Waals surface area contributed by atoms with E-state index in [9.17, 15) is 9.90 Å². The number of hydrogen-bond acceptors (Lipinski definition) is 2. The Morgan fingerprint density at radius 2 is 2.00 bits per heavy atom. The van der Waals surface area contributed by atoms with Crippen LogP contribution in [0.4, 0.5) is 0 Å². The van der Waals surface area contributed by atoms with Gasteiger partial charge >= 0.3 is 0 Å². The Morgan fingerprint density at radius 1 is 1.18 bits per heavy atom. The number of benzene rings is 2. The molecule has 1 aliphatic rings. The number of fused-ring (bicyclic) bond motifs is 1. The molecule has 0 amide bonds. The largest absolute Gasteiger partial charge is 0.508 e. The Morgan fingerprint density at radius 3 is 2.65 bits per heavy atom. The average molecular weight is 226 g/mol. The summed E-state index contributed by atoms with van der Waals surface area (Å²) in [6.45, 7) is 0. The van der Waals surface area contributed by atoms with Crippen LogP contribution in [0, 0.1) is 0 Å². The van der Waals surface area contributed by atoms with Crippen molar-refractivity contribution in [2.75, 3.05) is 0 Å². The monoisotopic (exact) mass is 226 g/mol. The van der Waals surface area contributed by atoms with Crippen molar-refractivity contribution in [1.82, 2.24) is 0 Å². The zero-order chi connectivity index (χ0) is 11.9. The maximum atomic E-state index is 11.4. The SMILES string of the molecule is O=CC1(c2cccc3ccc(O)cc23)CCC1. The van der Waals surface area contributed by atoms with Gasteiger partial charge in [0.05, 0.1) is 5.41 Å². The van der Waals surface area contributed by atoms with Crippen molar-refractivity contribution < 1.29 is 9.90 Å². The first-order valence-corrected chi connectivity index (χ1v) is 5.94. The highest BCUT2D eigenvalue weighted by atomic mass is 16.3. The summed E-state index contributed by atoms with van der Waals surface area (Å²) in [7, 11) is 0. The van der Waals surface area contributed by atoms with Crippen LogP contribution in [0.25, 0.3) is 10.8 Å². The predicted octanol–water partition coefficient (Wildman–Crippen LogP) is 3.17. The third-order valence-electron chi connectivity index (χ3n) is 3.87. The van der Waals surface area contributed by atoms with Gasteiger partial charge in [-0.15, -0.1) is 0 Å². The molecule has 2 aromatic rings. The minimum Gasteiger partial charge on any atom is -0.508 e. The maximum absolute atomic E-state index is 11.4. The topological polar surface area (TPSA) is 37.3 Å². The van der Waals surface area contributed by atoms with E-state index in [1.165, 1.54) is 0 Å². The number of rotatable bonds is 2. The highest BCUT2D eigenvalue weighted by Gasteiger charge is 2.39. The van der Waals surface area contributed by atoms with Gasteiger partial charge in [-0.05, 0) is 41.3 Å². The highest BCUT2D eigenvalue weighted by Crippen LogP contribution is 2.44. The molecule has 0 unspecified atom stereocenters. The number of carbonyl (C=O) groups excluding carboxylic acids is 1. The molecule has 0 heterocycles. The van der Waals surface area contributed by atoms with E-state index >= 15 is 0 Å². The number of aldehydes is 1. The molecule has 0 bridgehead atoms. The number of phenolic OH excluding ortho intramolecular Hbond substituents is 1. The number of phenols is 1. The molecule has 3 rings (SSSR count). The standard InChI is InChI=1S/C15H14O2/c16-10-15(7-2-8-15)14-4-1-3-11-5-6-12(17)9-13(11)14/h1,3-6,9-10,17H,2,7-8H2. The number of aromatic hydroxyl groups is 1. The lowest BCUT2D eigenvalue weighted by atomic mass is 9.64. The highest BCUT2D eigenvalue weighted by molar-refractivity contribution is 5.91. The molecule has 1 N–H and O–H groups in total. The van der Waals surface area contributed by atoms with Gasteiger partial charge in [0, 0.05) is 0 Å². The van der Waals surface area contributed by atoms with Crippen LogP contribution in [0.15, 0.2) is 36.4 Å². The van der Waals surface area contributed by atoms with E-state index in [0.717, 1.165) is 41.9 Å². The first-order chi connectivity index (χ1) is 8.25. The van der Waals surface area contributed by atoms with Gasteiger partial charge in [0.15, 0.2) is 0 Å². The van der Waals surface area contributed by atoms with Gasteiger partial charge in [0.2, 0.25) is 0 Å². The van der Waals surface area contributed by atoms with Crippen molar-refractivity contribution in [2.24, 2.45) is 0 Å². The molecule has 17 heavy (non-hydrogen) atoms. The van der Waals surface area contributed by atoms with Crippen molar-refractivity contribution in [3.63, 3.8) is 0 Å². The molecule has 86 valence electrons. The van der Waals surface area contributed by atoms with Crippen molar-refractivity contribution >= 4 is 17.1 Å². The van der Waals surface area contributed by atoms with Gasteiger partial charge in [-0.3, -0.25) is 0 Å². The molecule has 2 nitrogen and oxygen atoms in total. The van der Waals surface area contributed by atoms with Gasteiger partial charge < -0.3 is 9.90 Å². The van der Waals surface area contributed by atoms with Gasteiger partial charge in [0.1, 0.15) is 12.0 Å². The van der Waals surface area contributed by atoms with E-state index in [4.69, 9.17) is 0 Å². The first kappa shape index (κ1) is 10.3. The Balaban J connectivity index is 2.28. The molecule has 0 saturated heterocycles. The second-order valence-corrected chi connectivity index (χ2v) is 4.84. The quantitative estimate of drug-likeness (QED) is 0.798. The lowest BCUT2D eigenvalue weighted by Crippen LogP contribution is -2.35. The molecule has 2 heteroatoms. The van der Waals surface area contributed by atoms with Crippen LogP contribution in [0.3, 0.4) is 0 Å². The summed E-state index contributed by atoms with van der Waals surface area (Å²) in [6, 6.07) is 11.3. The molecule has 0 radical (unpaired) electrons. The predicted molar refractivity (Wildman–Crippen MR) is 67.2 cm³/mol. The second-order valence-electron chi connectivity index (χ2n) is 4.84. The molecular weight excluding hydrogens is 212 g/mol. The van der Waals surface area contributed by atoms with E-state index in [2.05, 4.69) is 0 Å². The molecular formula is C15H14O2. The fraction of sp³-hybridized carbons (Fsp3) is 0.267. The third-order valence-corrected chi connectivity index (χ3v) is 3.87. The second kappa shape index (κ2) is 3.59. The minimum absolute atomic E-state index is 0.255. The van der Waals surface area contributed by atoms with E-state index < -0.39 is 0 Å². The van der Waals surface area contributed by atoms with Crippen LogP contribution < -0.4 is 0 Å². The molecule has 0 aromatic heterocycles. The van der Waals surface area contributed by atoms with Crippen LogP contribution in [0.1, 0.15) is 24.8 Å². The summed E-state index contributed by atoms with van der Waals surface area (Å²) in [5, 5.41) is 11.7. The molecule has 1 saturated carbocycles. The van der Waals surface area contributed by atoms with Gasteiger partial charge in [-0.25, -0.2) is 0 Å². The summed E-state index contributed by atoms with van der Waals surface area (Å²) in [5.41, 5.74) is 0.750. The maximum Gasteiger partial charge on any atom is 0.130 e. The smallest absolute Gasteiger partial charge is 0.130 e. The van der Waals surface area contributed by atoms with Crippen LogP contribution in [0.2, 0.25) is 0 Å². The van der Waals surface area contributed by atoms with Crippen LogP contribution in [0.5, 0.6) is 5.75 Å². The summed E-state index contributed by atoms with van der Waals surface area (Å²) in [4.78, 5) is 11.4. The fourth-order valence-electron chi connectivity index (χ4n) is 2.70. The summed E-state index contributed by atoms with van der Waals surface area (Å²) < 4.78 is 0. The van der Waals surface area contributed by atoms with E-state index in [1.807, 2.05) is 24.3 Å². The first-order valence-electron chi connectivity index (χ1n) is 5.94. The average Bonchev–Trinajstić information content (AvgIpc) is 2.29. The molecule has 2 aromatic carbocycles. The summed E-state index contributed by atoms with van der Waals surface area (Å²) in [6.07, 6.45) is 4.03. The Kier molecular flexibility index (Phi) is 2.18. The van der Waals surface area contributed by atoms with Crippen molar-refractivity contribution in [2.45, 2.75) is 24.7 Å². The third kappa shape index (κ3) is 1.44. The number of hydrogen-bond donors (Lipinski definition) is 1. The van der Waals surface area contributed by atoms with Crippen molar-refractivity contribution in [3.05, 3.63) is 42.0 Å². The molecule has 0 atom stereocenters. The molecule has 0 spiro atoms. The molecule has 0 aliphatic heterocycles. The Hall–Kier alpha value is -1.83. The van der Waals surface area contributed by atoms with E-state index in [-0.39, 0.29) is 11.2 Å². The lowest BCUT2D eigenvalue weighted by Gasteiger charge is -2.38. The fourth-order valence-corrected chi connectivity index (χ4v) is 2.70. The van der Waals surface area contributed by atoms with Crippen molar-refractivity contribution in [1.29, 1.82) is 0 Å². The zero-order valence-corrected chi connectivity index (χ0v) is 9.52. The number of carbonyl (C=O) groups is 1. The van der Waals surface area contributed by atoms with Crippen LogP contribution in [-0.2, 0) is 10.2 Å². The molecule has 1 aliphatic carbocycles. The van der Waals surface area contributed by atoms with Gasteiger partial charge in [-0.2, -0.15) is 0 Å². The Bertz CT molecular complexity index is 582. The normalized spacial score (nSPS) is 17.6. The van der Waals surface area contributed by atoms with Crippen LogP contribution >= 0.6 is 0 Å². The molecule has 1 fully saturated rings. The van der Waals surface area contributed by atoms with Gasteiger partial charge in [0.25, 0.3) is 0 Å². The van der Waals surface area contributed by atoms with Crippen LogP contribution in [-0.4, -0.2) is 11.4 Å². The summed E-state index contributed by atoms with van der Waals surface area (Å²) in [5.74, 6) is 0.255. The van der Waals surface area contributed by atoms with Gasteiger partial charge in [-0.1, -0.05) is 30.7 Å².